The highest BCUT2D eigenvalue weighted by Crippen LogP contribution is 2.24. The highest BCUT2D eigenvalue weighted by Gasteiger charge is 2.25. The molecule has 1 aliphatic heterocycles. The standard InChI is InChI=1S/C21H26F2N4O/c1-24-21(25-13-20(28-2)15-6-4-3-5-7-15)26-17-10-11-27(14-17)19-9-8-16(22)12-18(19)23/h3-9,12,17,20H,10-11,13-14H2,1-2H3,(H2,24,25,26). The van der Waals surface area contributed by atoms with Crippen LogP contribution in [0.2, 0.25) is 0 Å². The number of guanidine groups is 1. The molecule has 0 bridgehead atoms. The number of hydrogen-bond acceptors (Lipinski definition) is 3. The first-order chi connectivity index (χ1) is 13.6. The van der Waals surface area contributed by atoms with E-state index in [-0.39, 0.29) is 12.1 Å². The minimum atomic E-state index is -0.564. The van der Waals surface area contributed by atoms with E-state index in [1.54, 1.807) is 14.2 Å². The van der Waals surface area contributed by atoms with Crippen molar-refractivity contribution in [1.82, 2.24) is 10.6 Å². The summed E-state index contributed by atoms with van der Waals surface area (Å²) in [4.78, 5) is 6.19. The van der Waals surface area contributed by atoms with Crippen LogP contribution in [0, 0.1) is 11.6 Å². The van der Waals surface area contributed by atoms with Crippen LogP contribution in [-0.4, -0.2) is 45.8 Å². The van der Waals surface area contributed by atoms with Crippen LogP contribution < -0.4 is 15.5 Å². The molecule has 5 nitrogen and oxygen atoms in total. The number of anilines is 1. The first-order valence-corrected chi connectivity index (χ1v) is 9.35. The van der Waals surface area contributed by atoms with Crippen molar-refractivity contribution in [2.45, 2.75) is 18.6 Å². The predicted octanol–water partition coefficient (Wildman–Crippen LogP) is 3.10. The van der Waals surface area contributed by atoms with Crippen molar-refractivity contribution in [2.24, 2.45) is 4.99 Å². The van der Waals surface area contributed by atoms with Gasteiger partial charge >= 0.3 is 0 Å². The van der Waals surface area contributed by atoms with Gasteiger partial charge in [-0.3, -0.25) is 4.99 Å². The van der Waals surface area contributed by atoms with Crippen molar-refractivity contribution >= 4 is 11.6 Å². The molecule has 2 unspecified atom stereocenters. The zero-order valence-corrected chi connectivity index (χ0v) is 16.2. The Morgan fingerprint density at radius 1 is 1.25 bits per heavy atom. The molecule has 2 aromatic rings. The Morgan fingerprint density at radius 3 is 2.71 bits per heavy atom. The monoisotopic (exact) mass is 388 g/mol. The number of nitrogens with one attached hydrogen (secondary N) is 2. The van der Waals surface area contributed by atoms with Crippen LogP contribution in [0.15, 0.2) is 53.5 Å². The van der Waals surface area contributed by atoms with Gasteiger partial charge in [-0.2, -0.15) is 0 Å². The van der Waals surface area contributed by atoms with E-state index < -0.39 is 11.6 Å². The van der Waals surface area contributed by atoms with Crippen LogP contribution in [-0.2, 0) is 4.74 Å². The lowest BCUT2D eigenvalue weighted by atomic mass is 10.1. The molecule has 0 amide bonds. The Hall–Kier alpha value is -2.67. The van der Waals surface area contributed by atoms with Gasteiger partial charge in [0, 0.05) is 45.9 Å². The van der Waals surface area contributed by atoms with Gasteiger partial charge in [0.25, 0.3) is 0 Å². The number of aliphatic imine (C=N–C) groups is 1. The summed E-state index contributed by atoms with van der Waals surface area (Å²) in [6.07, 6.45) is 0.748. The molecule has 1 saturated heterocycles. The highest BCUT2D eigenvalue weighted by atomic mass is 19.1. The maximum Gasteiger partial charge on any atom is 0.191 e. The minimum absolute atomic E-state index is 0.0897. The van der Waals surface area contributed by atoms with E-state index >= 15 is 0 Å². The quantitative estimate of drug-likeness (QED) is 0.590. The smallest absolute Gasteiger partial charge is 0.191 e. The zero-order valence-electron chi connectivity index (χ0n) is 16.2. The maximum atomic E-state index is 14.0. The highest BCUT2D eigenvalue weighted by molar-refractivity contribution is 5.80. The van der Waals surface area contributed by atoms with Gasteiger partial charge in [-0.25, -0.2) is 8.78 Å². The summed E-state index contributed by atoms with van der Waals surface area (Å²) in [5.41, 5.74) is 1.52. The van der Waals surface area contributed by atoms with Crippen LogP contribution in [0.1, 0.15) is 18.1 Å². The second-order valence-corrected chi connectivity index (χ2v) is 6.76. The van der Waals surface area contributed by atoms with Gasteiger partial charge in [0.15, 0.2) is 5.96 Å². The van der Waals surface area contributed by atoms with Gasteiger partial charge in [-0.05, 0) is 24.1 Å². The van der Waals surface area contributed by atoms with E-state index in [1.807, 2.05) is 35.2 Å². The number of hydrogen-bond donors (Lipinski definition) is 2. The molecule has 0 spiro atoms. The summed E-state index contributed by atoms with van der Waals surface area (Å²) >= 11 is 0. The van der Waals surface area contributed by atoms with Crippen LogP contribution >= 0.6 is 0 Å². The number of halogens is 2. The third kappa shape index (κ3) is 4.98. The van der Waals surface area contributed by atoms with Crippen LogP contribution in [0.3, 0.4) is 0 Å². The fourth-order valence-electron chi connectivity index (χ4n) is 3.42. The van der Waals surface area contributed by atoms with E-state index in [0.717, 1.165) is 18.1 Å². The molecule has 0 saturated carbocycles. The molecule has 0 radical (unpaired) electrons. The average Bonchev–Trinajstić information content (AvgIpc) is 3.16. The summed E-state index contributed by atoms with van der Waals surface area (Å²) in [7, 11) is 3.40. The second kappa shape index (κ2) is 9.50. The van der Waals surface area contributed by atoms with Crippen LogP contribution in [0.25, 0.3) is 0 Å². The molecule has 28 heavy (non-hydrogen) atoms. The van der Waals surface area contributed by atoms with Gasteiger partial charge in [0.1, 0.15) is 11.6 Å². The Balaban J connectivity index is 1.54. The molecule has 3 rings (SSSR count). The van der Waals surface area contributed by atoms with Gasteiger partial charge < -0.3 is 20.3 Å². The molecule has 1 fully saturated rings. The number of rotatable bonds is 6. The maximum absolute atomic E-state index is 14.0. The molecular formula is C21H26F2N4O. The Kier molecular flexibility index (Phi) is 6.81. The number of benzene rings is 2. The predicted molar refractivity (Wildman–Crippen MR) is 108 cm³/mol. The van der Waals surface area contributed by atoms with Crippen molar-refractivity contribution in [2.75, 3.05) is 38.7 Å². The normalized spacial score (nSPS) is 18.2. The Labute approximate surface area is 164 Å². The fourth-order valence-corrected chi connectivity index (χ4v) is 3.42. The average molecular weight is 388 g/mol. The summed E-state index contributed by atoms with van der Waals surface area (Å²) in [6, 6.07) is 13.8. The van der Waals surface area contributed by atoms with Gasteiger partial charge in [-0.1, -0.05) is 30.3 Å². The summed E-state index contributed by atoms with van der Waals surface area (Å²) < 4.78 is 32.7. The lowest BCUT2D eigenvalue weighted by molar-refractivity contribution is 0.106. The van der Waals surface area contributed by atoms with E-state index in [1.165, 1.54) is 12.1 Å². The van der Waals surface area contributed by atoms with E-state index in [9.17, 15) is 8.78 Å². The van der Waals surface area contributed by atoms with E-state index in [0.29, 0.717) is 31.3 Å². The van der Waals surface area contributed by atoms with E-state index in [2.05, 4.69) is 15.6 Å². The fraction of sp³-hybridized carbons (Fsp3) is 0.381. The number of ether oxygens (including phenoxy) is 1. The van der Waals surface area contributed by atoms with Gasteiger partial charge in [0.05, 0.1) is 11.8 Å². The van der Waals surface area contributed by atoms with Crippen LogP contribution in [0.5, 0.6) is 0 Å². The number of methoxy groups -OCH3 is 1. The Bertz CT molecular complexity index is 800. The first-order valence-electron chi connectivity index (χ1n) is 9.35. The summed E-state index contributed by atoms with van der Waals surface area (Å²) in [5.74, 6) is -0.427. The molecule has 0 aliphatic carbocycles. The van der Waals surface area contributed by atoms with Crippen molar-refractivity contribution < 1.29 is 13.5 Å². The van der Waals surface area contributed by atoms with Crippen molar-refractivity contribution in [1.29, 1.82) is 0 Å². The SMILES string of the molecule is CN=C(NCC(OC)c1ccccc1)NC1CCN(c2ccc(F)cc2F)C1. The lowest BCUT2D eigenvalue weighted by Crippen LogP contribution is -2.45. The van der Waals surface area contributed by atoms with Crippen molar-refractivity contribution in [3.63, 3.8) is 0 Å². The topological polar surface area (TPSA) is 48.9 Å². The largest absolute Gasteiger partial charge is 0.375 e. The third-order valence-electron chi connectivity index (χ3n) is 4.91. The Morgan fingerprint density at radius 2 is 2.04 bits per heavy atom. The molecule has 1 aliphatic rings. The summed E-state index contributed by atoms with van der Waals surface area (Å²) in [5, 5.41) is 6.66. The first kappa shape index (κ1) is 20.1. The molecule has 150 valence electrons. The number of nitrogens with zero attached hydrogens (tertiary/aromatic N) is 2. The molecule has 0 aromatic heterocycles. The summed E-state index contributed by atoms with van der Waals surface area (Å²) in [6.45, 7) is 1.89. The molecule has 2 atom stereocenters. The van der Waals surface area contributed by atoms with Crippen LogP contribution in [0.4, 0.5) is 14.5 Å². The second-order valence-electron chi connectivity index (χ2n) is 6.76. The molecule has 1 heterocycles. The molecule has 2 aromatic carbocycles. The molecule has 2 N–H and O–H groups in total. The van der Waals surface area contributed by atoms with Crippen molar-refractivity contribution in [3.8, 4) is 0 Å². The van der Waals surface area contributed by atoms with Crippen molar-refractivity contribution in [3.05, 3.63) is 65.7 Å². The van der Waals surface area contributed by atoms with Gasteiger partial charge in [0.2, 0.25) is 0 Å². The third-order valence-corrected chi connectivity index (χ3v) is 4.91. The molecular weight excluding hydrogens is 362 g/mol. The zero-order chi connectivity index (χ0) is 19.9. The minimum Gasteiger partial charge on any atom is -0.375 e. The van der Waals surface area contributed by atoms with E-state index in [4.69, 9.17) is 4.74 Å². The van der Waals surface area contributed by atoms with Gasteiger partial charge in [-0.15, -0.1) is 0 Å². The lowest BCUT2D eigenvalue weighted by Gasteiger charge is -2.22. The molecule has 7 heteroatoms.